The van der Waals surface area contributed by atoms with Crippen LogP contribution in [0.25, 0.3) is 10.8 Å². The van der Waals surface area contributed by atoms with Gasteiger partial charge in [0.15, 0.2) is 0 Å². The van der Waals surface area contributed by atoms with E-state index in [-0.39, 0.29) is 23.9 Å². The average molecular weight is 350 g/mol. The number of aromatic amines is 1. The molecule has 134 valence electrons. The quantitative estimate of drug-likeness (QED) is 0.712. The number of benzene rings is 2. The van der Waals surface area contributed by atoms with Crippen LogP contribution in [0.1, 0.15) is 17.3 Å². The zero-order valence-electron chi connectivity index (χ0n) is 14.9. The molecule has 0 radical (unpaired) electrons. The molecule has 0 spiro atoms. The summed E-state index contributed by atoms with van der Waals surface area (Å²) in [7, 11) is 3.97. The molecule has 0 aliphatic heterocycles. The zero-order valence-corrected chi connectivity index (χ0v) is 14.9. The Hall–Kier alpha value is -2.99. The van der Waals surface area contributed by atoms with Gasteiger partial charge >= 0.3 is 0 Å². The smallest absolute Gasteiger partial charge is 0.272 e. The standard InChI is InChI=1S/C20H22N4O2/c1-24(2)18(14-8-4-3-5-9-14)13-21-19(25)12-17-15-10-6-7-11-16(15)20(26)23-22-17/h3-11,18H,12-13H2,1-2H3,(H,21,25)(H,23,26)/t18-/m0/s1. The predicted octanol–water partition coefficient (Wildman–Crippen LogP) is 1.88. The zero-order chi connectivity index (χ0) is 18.5. The number of carbonyl (C=O) groups excluding carboxylic acids is 1. The molecule has 1 heterocycles. The van der Waals surface area contributed by atoms with E-state index in [0.717, 1.165) is 5.56 Å². The molecule has 1 amide bonds. The van der Waals surface area contributed by atoms with Gasteiger partial charge in [-0.25, -0.2) is 5.10 Å². The number of amides is 1. The lowest BCUT2D eigenvalue weighted by Crippen LogP contribution is -2.35. The number of hydrogen-bond donors (Lipinski definition) is 2. The summed E-state index contributed by atoms with van der Waals surface area (Å²) in [4.78, 5) is 26.3. The van der Waals surface area contributed by atoms with Gasteiger partial charge in [-0.2, -0.15) is 5.10 Å². The summed E-state index contributed by atoms with van der Waals surface area (Å²) in [5, 5.41) is 10.7. The van der Waals surface area contributed by atoms with Gasteiger partial charge < -0.3 is 10.2 Å². The molecule has 6 heteroatoms. The Morgan fingerprint density at radius 2 is 1.73 bits per heavy atom. The minimum atomic E-state index is -0.249. The summed E-state index contributed by atoms with van der Waals surface area (Å²) in [6.45, 7) is 0.497. The van der Waals surface area contributed by atoms with Crippen LogP contribution in [0.4, 0.5) is 0 Å². The second kappa shape index (κ2) is 7.93. The maximum atomic E-state index is 12.4. The fraction of sp³-hybridized carbons (Fsp3) is 0.250. The van der Waals surface area contributed by atoms with Crippen molar-refractivity contribution in [1.82, 2.24) is 20.4 Å². The average Bonchev–Trinajstić information content (AvgIpc) is 2.65. The summed E-state index contributed by atoms with van der Waals surface area (Å²) in [5.74, 6) is -0.127. The number of fused-ring (bicyclic) bond motifs is 1. The molecule has 3 rings (SSSR count). The number of rotatable bonds is 6. The summed E-state index contributed by atoms with van der Waals surface area (Å²) in [6.07, 6.45) is 0.117. The van der Waals surface area contributed by atoms with Gasteiger partial charge in [-0.1, -0.05) is 48.5 Å². The lowest BCUT2D eigenvalue weighted by atomic mass is 10.1. The summed E-state index contributed by atoms with van der Waals surface area (Å²) >= 11 is 0. The van der Waals surface area contributed by atoms with Gasteiger partial charge in [-0.05, 0) is 25.7 Å². The van der Waals surface area contributed by atoms with Crippen molar-refractivity contribution in [3.63, 3.8) is 0 Å². The SMILES string of the molecule is CN(C)[C@@H](CNC(=O)Cc1n[nH]c(=O)c2ccccc12)c1ccccc1. The van der Waals surface area contributed by atoms with E-state index in [2.05, 4.69) is 20.4 Å². The van der Waals surface area contributed by atoms with Crippen LogP contribution < -0.4 is 10.9 Å². The Bertz CT molecular complexity index is 951. The largest absolute Gasteiger partial charge is 0.354 e. The Kier molecular flexibility index (Phi) is 5.43. The number of H-pyrrole nitrogens is 1. The van der Waals surface area contributed by atoms with Crippen LogP contribution in [0.5, 0.6) is 0 Å². The van der Waals surface area contributed by atoms with Gasteiger partial charge in [0.05, 0.1) is 23.5 Å². The van der Waals surface area contributed by atoms with Crippen molar-refractivity contribution in [3.8, 4) is 0 Å². The maximum Gasteiger partial charge on any atom is 0.272 e. The van der Waals surface area contributed by atoms with Gasteiger partial charge in [-0.3, -0.25) is 9.59 Å². The highest BCUT2D eigenvalue weighted by molar-refractivity contribution is 5.88. The van der Waals surface area contributed by atoms with Crippen molar-refractivity contribution in [2.24, 2.45) is 0 Å². The Morgan fingerprint density at radius 1 is 1.08 bits per heavy atom. The minimum absolute atomic E-state index is 0.0837. The third-order valence-electron chi connectivity index (χ3n) is 4.40. The molecular formula is C20H22N4O2. The van der Waals surface area contributed by atoms with Crippen LogP contribution in [0, 0.1) is 0 Å². The lowest BCUT2D eigenvalue weighted by molar-refractivity contribution is -0.120. The fourth-order valence-electron chi connectivity index (χ4n) is 3.01. The monoisotopic (exact) mass is 350 g/mol. The van der Waals surface area contributed by atoms with Crippen molar-refractivity contribution in [3.05, 3.63) is 76.2 Å². The molecule has 2 aromatic carbocycles. The van der Waals surface area contributed by atoms with E-state index in [1.165, 1.54) is 0 Å². The molecule has 0 saturated heterocycles. The molecule has 0 unspecified atom stereocenters. The first-order valence-corrected chi connectivity index (χ1v) is 8.50. The van der Waals surface area contributed by atoms with Crippen molar-refractivity contribution in [1.29, 1.82) is 0 Å². The Morgan fingerprint density at radius 3 is 2.42 bits per heavy atom. The van der Waals surface area contributed by atoms with Gasteiger partial charge in [-0.15, -0.1) is 0 Å². The summed E-state index contributed by atoms with van der Waals surface area (Å²) in [6, 6.07) is 17.3. The number of likely N-dealkylation sites (N-methyl/N-ethyl adjacent to an activating group) is 1. The van der Waals surface area contributed by atoms with Gasteiger partial charge in [0.1, 0.15) is 0 Å². The highest BCUT2D eigenvalue weighted by Gasteiger charge is 2.16. The van der Waals surface area contributed by atoms with Crippen molar-refractivity contribution < 1.29 is 4.79 Å². The molecular weight excluding hydrogens is 328 g/mol. The normalized spacial score (nSPS) is 12.3. The van der Waals surface area contributed by atoms with Crippen molar-refractivity contribution >= 4 is 16.7 Å². The van der Waals surface area contributed by atoms with Crippen molar-refractivity contribution in [2.75, 3.05) is 20.6 Å². The molecule has 26 heavy (non-hydrogen) atoms. The molecule has 3 aromatic rings. The lowest BCUT2D eigenvalue weighted by Gasteiger charge is -2.25. The maximum absolute atomic E-state index is 12.4. The van der Waals surface area contributed by atoms with E-state index in [0.29, 0.717) is 23.0 Å². The summed E-state index contributed by atoms with van der Waals surface area (Å²) < 4.78 is 0. The highest BCUT2D eigenvalue weighted by Crippen LogP contribution is 2.17. The van der Waals surface area contributed by atoms with Gasteiger partial charge in [0.2, 0.25) is 5.91 Å². The molecule has 0 fully saturated rings. The second-order valence-electron chi connectivity index (χ2n) is 6.42. The molecule has 6 nitrogen and oxygen atoms in total. The molecule has 1 atom stereocenters. The first-order chi connectivity index (χ1) is 12.6. The third-order valence-corrected chi connectivity index (χ3v) is 4.40. The second-order valence-corrected chi connectivity index (χ2v) is 6.42. The number of hydrogen-bond acceptors (Lipinski definition) is 4. The minimum Gasteiger partial charge on any atom is -0.354 e. The Labute approximate surface area is 151 Å². The molecule has 1 aromatic heterocycles. The first-order valence-electron chi connectivity index (χ1n) is 8.50. The van der Waals surface area contributed by atoms with Gasteiger partial charge in [0.25, 0.3) is 5.56 Å². The van der Waals surface area contributed by atoms with Crippen LogP contribution in [0.3, 0.4) is 0 Å². The van der Waals surface area contributed by atoms with Crippen LogP contribution in [-0.4, -0.2) is 41.6 Å². The molecule has 0 saturated carbocycles. The summed E-state index contributed by atoms with van der Waals surface area (Å²) in [5.41, 5.74) is 1.46. The molecule has 0 bridgehead atoms. The fourth-order valence-corrected chi connectivity index (χ4v) is 3.01. The first kappa shape index (κ1) is 17.8. The van der Waals surface area contributed by atoms with Crippen molar-refractivity contribution in [2.45, 2.75) is 12.5 Å². The topological polar surface area (TPSA) is 78.1 Å². The van der Waals surface area contributed by atoms with Crippen LogP contribution in [0.15, 0.2) is 59.4 Å². The van der Waals surface area contributed by atoms with E-state index in [1.54, 1.807) is 12.1 Å². The molecule has 2 N–H and O–H groups in total. The van der Waals surface area contributed by atoms with E-state index in [1.807, 2.05) is 56.6 Å². The van der Waals surface area contributed by atoms with Crippen LogP contribution >= 0.6 is 0 Å². The van der Waals surface area contributed by atoms with Crippen LogP contribution in [-0.2, 0) is 11.2 Å². The third kappa shape index (κ3) is 3.97. The highest BCUT2D eigenvalue weighted by atomic mass is 16.1. The molecule has 0 aliphatic rings. The number of carbonyl (C=O) groups is 1. The van der Waals surface area contributed by atoms with Gasteiger partial charge in [0, 0.05) is 11.9 Å². The number of aromatic nitrogens is 2. The Balaban J connectivity index is 1.71. The van der Waals surface area contributed by atoms with E-state index < -0.39 is 0 Å². The van der Waals surface area contributed by atoms with E-state index in [4.69, 9.17) is 0 Å². The predicted molar refractivity (Wildman–Crippen MR) is 102 cm³/mol. The number of nitrogens with zero attached hydrogens (tertiary/aromatic N) is 2. The van der Waals surface area contributed by atoms with E-state index >= 15 is 0 Å². The molecule has 0 aliphatic carbocycles. The van der Waals surface area contributed by atoms with E-state index in [9.17, 15) is 9.59 Å². The van der Waals surface area contributed by atoms with Crippen LogP contribution in [0.2, 0.25) is 0 Å². The number of nitrogens with one attached hydrogen (secondary N) is 2.